The molecule has 1 heterocycles. The predicted octanol–water partition coefficient (Wildman–Crippen LogP) is 7.29. The lowest BCUT2D eigenvalue weighted by Crippen LogP contribution is -1.95. The maximum absolute atomic E-state index is 9.57. The number of aromatic nitrogens is 1. The van der Waals surface area contributed by atoms with Gasteiger partial charge in [-0.05, 0) is 65.4 Å². The van der Waals surface area contributed by atoms with Crippen molar-refractivity contribution in [1.29, 1.82) is 5.26 Å². The van der Waals surface area contributed by atoms with Crippen molar-refractivity contribution in [2.24, 2.45) is 0 Å². The highest BCUT2D eigenvalue weighted by Crippen LogP contribution is 2.34. The molecule has 0 atom stereocenters. The van der Waals surface area contributed by atoms with Crippen LogP contribution in [-0.4, -0.2) is 4.98 Å². The van der Waals surface area contributed by atoms with Crippen molar-refractivity contribution in [2.45, 2.75) is 10.9 Å². The molecule has 0 radical (unpaired) electrons. The van der Waals surface area contributed by atoms with Gasteiger partial charge in [-0.15, -0.1) is 11.3 Å². The van der Waals surface area contributed by atoms with Crippen molar-refractivity contribution in [1.82, 2.24) is 4.98 Å². The summed E-state index contributed by atoms with van der Waals surface area (Å²) in [5.74, 6) is 0.768. The second-order valence-corrected chi connectivity index (χ2v) is 9.39. The van der Waals surface area contributed by atoms with Gasteiger partial charge in [-0.2, -0.15) is 5.26 Å². The lowest BCUT2D eigenvalue weighted by molar-refractivity contribution is 0.306. The summed E-state index contributed by atoms with van der Waals surface area (Å²) in [5.41, 5.74) is 2.97. The summed E-state index contributed by atoms with van der Waals surface area (Å²) in [6.45, 7) is 0.492. The van der Waals surface area contributed by atoms with Crippen LogP contribution in [0.15, 0.2) is 86.5 Å². The van der Waals surface area contributed by atoms with E-state index in [1.54, 1.807) is 11.3 Å². The van der Waals surface area contributed by atoms with Gasteiger partial charge in [0.25, 0.3) is 0 Å². The van der Waals surface area contributed by atoms with Crippen molar-refractivity contribution < 1.29 is 4.74 Å². The van der Waals surface area contributed by atoms with E-state index < -0.39 is 0 Å². The second kappa shape index (κ2) is 9.27. The van der Waals surface area contributed by atoms with Crippen LogP contribution in [0.2, 0.25) is 0 Å². The molecule has 0 aliphatic heterocycles. The summed E-state index contributed by atoms with van der Waals surface area (Å²) >= 11 is 6.42. The molecule has 0 spiro atoms. The molecule has 0 unspecified atom stereocenters. The summed E-state index contributed by atoms with van der Waals surface area (Å²) in [4.78, 5) is 5.18. The Bertz CT molecular complexity index is 1180. The molecule has 0 aliphatic rings. The van der Waals surface area contributed by atoms with Gasteiger partial charge in [0.15, 0.2) is 4.34 Å². The maximum Gasteiger partial charge on any atom is 0.156 e. The first kappa shape index (κ1) is 19.7. The number of fused-ring (bicyclic) bond motifs is 1. The highest BCUT2D eigenvalue weighted by Gasteiger charge is 2.07. The van der Waals surface area contributed by atoms with Crippen LogP contribution in [0.3, 0.4) is 0 Å². The first-order valence-electron chi connectivity index (χ1n) is 8.82. The van der Waals surface area contributed by atoms with E-state index in [9.17, 15) is 5.26 Å². The quantitative estimate of drug-likeness (QED) is 0.215. The number of nitriles is 1. The second-order valence-electron chi connectivity index (χ2n) is 6.16. The zero-order chi connectivity index (χ0) is 20.1. The fourth-order valence-electron chi connectivity index (χ4n) is 2.67. The first-order chi connectivity index (χ1) is 14.2. The lowest BCUT2D eigenvalue weighted by Gasteiger charge is -2.07. The van der Waals surface area contributed by atoms with Crippen LogP contribution >= 0.6 is 39.0 Å². The van der Waals surface area contributed by atoms with Gasteiger partial charge in [-0.25, -0.2) is 4.98 Å². The van der Waals surface area contributed by atoms with E-state index in [0.717, 1.165) is 35.9 Å². The van der Waals surface area contributed by atoms with Crippen LogP contribution in [0, 0.1) is 11.3 Å². The van der Waals surface area contributed by atoms with E-state index in [2.05, 4.69) is 27.0 Å². The van der Waals surface area contributed by atoms with Crippen LogP contribution in [0.5, 0.6) is 5.75 Å². The van der Waals surface area contributed by atoms with E-state index >= 15 is 0 Å². The largest absolute Gasteiger partial charge is 0.489 e. The van der Waals surface area contributed by atoms with Crippen molar-refractivity contribution in [3.8, 4) is 11.8 Å². The predicted molar refractivity (Wildman–Crippen MR) is 124 cm³/mol. The van der Waals surface area contributed by atoms with Gasteiger partial charge in [0.05, 0.1) is 15.1 Å². The Kier molecular flexibility index (Phi) is 6.30. The van der Waals surface area contributed by atoms with E-state index in [4.69, 9.17) is 4.74 Å². The molecule has 0 aliphatic carbocycles. The molecule has 3 nitrogen and oxygen atoms in total. The minimum absolute atomic E-state index is 0.492. The van der Waals surface area contributed by atoms with Crippen LogP contribution in [0.4, 0.5) is 0 Å². The van der Waals surface area contributed by atoms with Gasteiger partial charge in [0, 0.05) is 4.47 Å². The zero-order valence-corrected chi connectivity index (χ0v) is 18.4. The summed E-state index contributed by atoms with van der Waals surface area (Å²) in [6, 6.07) is 26.1. The lowest BCUT2D eigenvalue weighted by atomic mass is 10.2. The Morgan fingerprint density at radius 3 is 2.72 bits per heavy atom. The van der Waals surface area contributed by atoms with E-state index in [1.165, 1.54) is 11.8 Å². The number of ether oxygens (including phenoxy) is 1. The maximum atomic E-state index is 9.57. The molecule has 1 aromatic heterocycles. The van der Waals surface area contributed by atoms with Crippen LogP contribution < -0.4 is 4.74 Å². The van der Waals surface area contributed by atoms with Crippen LogP contribution in [-0.2, 0) is 6.61 Å². The summed E-state index contributed by atoms with van der Waals surface area (Å²) in [5, 5.41) is 9.57. The highest BCUT2D eigenvalue weighted by atomic mass is 79.9. The van der Waals surface area contributed by atoms with Crippen molar-refractivity contribution >= 4 is 55.3 Å². The number of thiazole rings is 1. The van der Waals surface area contributed by atoms with Gasteiger partial charge in [-0.1, -0.05) is 52.3 Å². The number of benzene rings is 3. The molecular weight excluding hydrogens is 464 g/mol. The summed E-state index contributed by atoms with van der Waals surface area (Å²) in [7, 11) is 0. The molecule has 0 amide bonds. The highest BCUT2D eigenvalue weighted by molar-refractivity contribution is 9.10. The van der Waals surface area contributed by atoms with Gasteiger partial charge < -0.3 is 4.74 Å². The SMILES string of the molecule is N#C/C(=C\c1cccc(OCc2ccc(Br)cc2)c1)Sc1nc2ccccc2s1. The average Bonchev–Trinajstić information content (AvgIpc) is 3.15. The Hall–Kier alpha value is -2.59. The molecule has 4 rings (SSSR count). The molecule has 29 heavy (non-hydrogen) atoms. The molecule has 142 valence electrons. The average molecular weight is 479 g/mol. The topological polar surface area (TPSA) is 45.9 Å². The molecule has 6 heteroatoms. The standard InChI is InChI=1S/C23H15BrN2OS2/c24-18-10-8-16(9-11-18)15-27-19-5-3-4-17(12-19)13-20(14-25)28-23-26-21-6-1-2-7-22(21)29-23/h1-13H,15H2/b20-13+. The van der Waals surface area contributed by atoms with E-state index in [0.29, 0.717) is 11.5 Å². The molecule has 0 bridgehead atoms. The molecule has 0 saturated carbocycles. The Morgan fingerprint density at radius 1 is 1.10 bits per heavy atom. The number of para-hydroxylation sites is 1. The number of thioether (sulfide) groups is 1. The molecule has 3 aromatic carbocycles. The third kappa shape index (κ3) is 5.27. The number of hydrogen-bond donors (Lipinski definition) is 0. The van der Waals surface area contributed by atoms with Gasteiger partial charge in [0.2, 0.25) is 0 Å². The zero-order valence-electron chi connectivity index (χ0n) is 15.2. The summed E-state index contributed by atoms with van der Waals surface area (Å²) < 4.78 is 8.93. The Balaban J connectivity index is 1.47. The van der Waals surface area contributed by atoms with Crippen molar-refractivity contribution in [3.63, 3.8) is 0 Å². The monoisotopic (exact) mass is 478 g/mol. The normalized spacial score (nSPS) is 11.4. The van der Waals surface area contributed by atoms with Crippen LogP contribution in [0.25, 0.3) is 16.3 Å². The smallest absolute Gasteiger partial charge is 0.156 e. The number of rotatable bonds is 6. The molecule has 0 N–H and O–H groups in total. The van der Waals surface area contributed by atoms with Gasteiger partial charge >= 0.3 is 0 Å². The number of hydrogen-bond acceptors (Lipinski definition) is 5. The third-order valence-corrected chi connectivity index (χ3v) is 6.61. The minimum atomic E-state index is 0.492. The Labute approximate surface area is 185 Å². The fourth-order valence-corrected chi connectivity index (χ4v) is 4.91. The third-order valence-electron chi connectivity index (χ3n) is 4.06. The van der Waals surface area contributed by atoms with Gasteiger partial charge in [-0.3, -0.25) is 0 Å². The molecule has 0 fully saturated rings. The van der Waals surface area contributed by atoms with Gasteiger partial charge in [0.1, 0.15) is 18.4 Å². The number of nitrogens with zero attached hydrogens (tertiary/aromatic N) is 2. The fraction of sp³-hybridized carbons (Fsp3) is 0.0435. The number of halogens is 1. The van der Waals surface area contributed by atoms with E-state index in [-0.39, 0.29) is 0 Å². The molecule has 4 aromatic rings. The van der Waals surface area contributed by atoms with Crippen molar-refractivity contribution in [2.75, 3.05) is 0 Å². The Morgan fingerprint density at radius 2 is 1.93 bits per heavy atom. The number of allylic oxidation sites excluding steroid dienone is 1. The minimum Gasteiger partial charge on any atom is -0.489 e. The van der Waals surface area contributed by atoms with Crippen LogP contribution in [0.1, 0.15) is 11.1 Å². The molecular formula is C23H15BrN2OS2. The molecule has 0 saturated heterocycles. The first-order valence-corrected chi connectivity index (χ1v) is 11.2. The van der Waals surface area contributed by atoms with Crippen molar-refractivity contribution in [3.05, 3.63) is 93.3 Å². The van der Waals surface area contributed by atoms with E-state index in [1.807, 2.05) is 78.9 Å². The summed E-state index contributed by atoms with van der Waals surface area (Å²) in [6.07, 6.45) is 1.86.